The zero-order valence-corrected chi connectivity index (χ0v) is 16.1. The Morgan fingerprint density at radius 2 is 2.15 bits per heavy atom. The van der Waals surface area contributed by atoms with Crippen molar-refractivity contribution in [1.82, 2.24) is 25.1 Å². The average molecular weight is 398 g/mol. The molecule has 0 unspecified atom stereocenters. The molecule has 26 heavy (non-hydrogen) atoms. The second-order valence-corrected chi connectivity index (χ2v) is 6.51. The Bertz CT molecular complexity index is 805. The zero-order valence-electron chi connectivity index (χ0n) is 14.5. The molecule has 2 aromatic heterocycles. The molecule has 4 rings (SSSR count). The number of benzene rings is 1. The van der Waals surface area contributed by atoms with Gasteiger partial charge in [-0.05, 0) is 38.3 Å². The number of aliphatic hydroxyl groups is 1. The summed E-state index contributed by atoms with van der Waals surface area (Å²) in [5, 5.41) is 20.4. The largest absolute Gasteiger partial charge is 0.392 e. The van der Waals surface area contributed by atoms with Gasteiger partial charge in [0.1, 0.15) is 0 Å². The highest BCUT2D eigenvalue weighted by Gasteiger charge is 2.21. The maximum atomic E-state index is 10.1. The number of H-pyrrole nitrogens is 1. The van der Waals surface area contributed by atoms with E-state index in [-0.39, 0.29) is 37.0 Å². The van der Waals surface area contributed by atoms with Gasteiger partial charge in [0.05, 0.1) is 29.7 Å². The number of aryl methyl sites for hydroxylation is 1. The van der Waals surface area contributed by atoms with Crippen molar-refractivity contribution in [3.05, 3.63) is 36.9 Å². The number of hydrogen-bond donors (Lipinski definition) is 3. The number of aromatic amines is 1. The van der Waals surface area contributed by atoms with Gasteiger partial charge in [-0.2, -0.15) is 5.10 Å². The Morgan fingerprint density at radius 3 is 2.92 bits per heavy atom. The molecule has 2 atom stereocenters. The summed E-state index contributed by atoms with van der Waals surface area (Å²) >= 11 is 0. The molecular formula is C18H25Cl2N5O. The smallest absolute Gasteiger partial charge is 0.0958 e. The van der Waals surface area contributed by atoms with Crippen LogP contribution in [0.5, 0.6) is 0 Å². The van der Waals surface area contributed by atoms with Crippen molar-refractivity contribution >= 4 is 35.8 Å². The van der Waals surface area contributed by atoms with Crippen LogP contribution in [-0.2, 0) is 6.54 Å². The van der Waals surface area contributed by atoms with Crippen LogP contribution < -0.4 is 5.32 Å². The predicted molar refractivity (Wildman–Crippen MR) is 108 cm³/mol. The first kappa shape index (κ1) is 20.7. The van der Waals surface area contributed by atoms with Crippen LogP contribution in [0.1, 0.15) is 25.7 Å². The number of rotatable bonds is 5. The van der Waals surface area contributed by atoms with Crippen LogP contribution in [0, 0.1) is 0 Å². The van der Waals surface area contributed by atoms with Crippen molar-refractivity contribution in [3.8, 4) is 11.1 Å². The molecule has 0 amide bonds. The van der Waals surface area contributed by atoms with E-state index in [2.05, 4.69) is 31.1 Å². The summed E-state index contributed by atoms with van der Waals surface area (Å²) < 4.78 is 2.22. The lowest BCUT2D eigenvalue weighted by atomic mass is 9.97. The van der Waals surface area contributed by atoms with Crippen LogP contribution in [0.15, 0.2) is 36.9 Å². The van der Waals surface area contributed by atoms with Crippen LogP contribution in [-0.4, -0.2) is 43.5 Å². The van der Waals surface area contributed by atoms with Crippen LogP contribution in [0.25, 0.3) is 22.2 Å². The number of aliphatic hydroxyl groups excluding tert-OH is 1. The fraction of sp³-hybridized carbons (Fsp3) is 0.444. The topological polar surface area (TPSA) is 78.8 Å². The number of piperidine rings is 1. The van der Waals surface area contributed by atoms with E-state index in [0.29, 0.717) is 0 Å². The third kappa shape index (κ3) is 4.20. The summed E-state index contributed by atoms with van der Waals surface area (Å²) in [6.07, 6.45) is 9.43. The molecule has 1 fully saturated rings. The molecule has 8 heteroatoms. The molecule has 1 aromatic carbocycles. The SMILES string of the molecule is Cl.Cl.O[C@H]1CCCN[C@@H]1CCCn1cnc2cccc(-c3cn[nH]c3)c21. The van der Waals surface area contributed by atoms with Gasteiger partial charge in [-0.1, -0.05) is 12.1 Å². The molecule has 3 aromatic rings. The van der Waals surface area contributed by atoms with Crippen LogP contribution in [0.3, 0.4) is 0 Å². The third-order valence-corrected chi connectivity index (χ3v) is 4.91. The molecular weight excluding hydrogens is 373 g/mol. The second-order valence-electron chi connectivity index (χ2n) is 6.51. The van der Waals surface area contributed by atoms with Gasteiger partial charge in [-0.25, -0.2) is 4.98 Å². The van der Waals surface area contributed by atoms with Crippen LogP contribution >= 0.6 is 24.8 Å². The summed E-state index contributed by atoms with van der Waals surface area (Å²) in [5.74, 6) is 0. The number of para-hydroxylation sites is 1. The lowest BCUT2D eigenvalue weighted by molar-refractivity contribution is 0.0909. The van der Waals surface area contributed by atoms with Gasteiger partial charge in [0.2, 0.25) is 0 Å². The fourth-order valence-electron chi connectivity index (χ4n) is 3.64. The Kier molecular flexibility index (Phi) is 7.46. The van der Waals surface area contributed by atoms with E-state index in [4.69, 9.17) is 0 Å². The number of imidazole rings is 1. The molecule has 0 spiro atoms. The van der Waals surface area contributed by atoms with Gasteiger partial charge in [0.15, 0.2) is 0 Å². The highest BCUT2D eigenvalue weighted by molar-refractivity contribution is 5.91. The Labute approximate surface area is 165 Å². The zero-order chi connectivity index (χ0) is 16.4. The molecule has 3 N–H and O–H groups in total. The van der Waals surface area contributed by atoms with Crippen LogP contribution in [0.4, 0.5) is 0 Å². The first-order valence-corrected chi connectivity index (χ1v) is 8.67. The molecule has 0 aliphatic carbocycles. The van der Waals surface area contributed by atoms with Gasteiger partial charge in [-0.3, -0.25) is 5.10 Å². The summed E-state index contributed by atoms with van der Waals surface area (Å²) in [5.41, 5.74) is 4.38. The number of fused-ring (bicyclic) bond motifs is 1. The Balaban J connectivity index is 0.00000121. The Morgan fingerprint density at radius 1 is 1.27 bits per heavy atom. The Hall–Kier alpha value is -1.60. The summed E-state index contributed by atoms with van der Waals surface area (Å²) in [4.78, 5) is 4.54. The number of aromatic nitrogens is 4. The molecule has 1 aliphatic rings. The average Bonchev–Trinajstić information content (AvgIpc) is 3.26. The fourth-order valence-corrected chi connectivity index (χ4v) is 3.64. The minimum Gasteiger partial charge on any atom is -0.392 e. The molecule has 0 radical (unpaired) electrons. The van der Waals surface area contributed by atoms with Gasteiger partial charge >= 0.3 is 0 Å². The van der Waals surface area contributed by atoms with Crippen molar-refractivity contribution in [2.45, 2.75) is 44.4 Å². The molecule has 0 bridgehead atoms. The van der Waals surface area contributed by atoms with Gasteiger partial charge in [-0.15, -0.1) is 24.8 Å². The monoisotopic (exact) mass is 397 g/mol. The van der Waals surface area contributed by atoms with E-state index < -0.39 is 0 Å². The quantitative estimate of drug-likeness (QED) is 0.617. The second kappa shape index (κ2) is 9.37. The van der Waals surface area contributed by atoms with E-state index in [9.17, 15) is 5.11 Å². The van der Waals surface area contributed by atoms with E-state index >= 15 is 0 Å². The standard InChI is InChI=1S/C18H23N5O.2ClH/c24-17-7-2-8-19-15(17)6-3-9-23-12-20-16-5-1-4-14(18(16)23)13-10-21-22-11-13;;/h1,4-5,10-12,15,17,19,24H,2-3,6-9H2,(H,21,22);2*1H/t15-,17+;;/m1../s1. The van der Waals surface area contributed by atoms with E-state index in [1.54, 1.807) is 0 Å². The predicted octanol–water partition coefficient (Wildman–Crippen LogP) is 3.16. The minimum atomic E-state index is -0.209. The van der Waals surface area contributed by atoms with Crippen LogP contribution in [0.2, 0.25) is 0 Å². The van der Waals surface area contributed by atoms with Gasteiger partial charge < -0.3 is 15.0 Å². The minimum absolute atomic E-state index is 0. The third-order valence-electron chi connectivity index (χ3n) is 4.91. The molecule has 1 aliphatic heterocycles. The van der Waals surface area contributed by atoms with E-state index in [1.165, 1.54) is 0 Å². The van der Waals surface area contributed by atoms with Crippen molar-refractivity contribution in [1.29, 1.82) is 0 Å². The van der Waals surface area contributed by atoms with Gasteiger partial charge in [0.25, 0.3) is 0 Å². The molecule has 0 saturated carbocycles. The summed E-state index contributed by atoms with van der Waals surface area (Å²) in [6.45, 7) is 1.91. The van der Waals surface area contributed by atoms with E-state index in [1.807, 2.05) is 30.9 Å². The number of hydrogen-bond acceptors (Lipinski definition) is 4. The molecule has 142 valence electrons. The van der Waals surface area contributed by atoms with Crippen molar-refractivity contribution in [2.24, 2.45) is 0 Å². The number of nitrogens with zero attached hydrogens (tertiary/aromatic N) is 3. The highest BCUT2D eigenvalue weighted by atomic mass is 35.5. The molecule has 6 nitrogen and oxygen atoms in total. The van der Waals surface area contributed by atoms with Gasteiger partial charge in [0, 0.05) is 29.9 Å². The summed E-state index contributed by atoms with van der Waals surface area (Å²) in [6, 6.07) is 6.41. The number of halogens is 2. The maximum Gasteiger partial charge on any atom is 0.0958 e. The molecule has 1 saturated heterocycles. The van der Waals surface area contributed by atoms with Crippen molar-refractivity contribution in [2.75, 3.05) is 6.54 Å². The lowest BCUT2D eigenvalue weighted by Crippen LogP contribution is -2.44. The first-order valence-electron chi connectivity index (χ1n) is 8.67. The normalized spacial score (nSPS) is 19.7. The van der Waals surface area contributed by atoms with E-state index in [0.717, 1.165) is 60.9 Å². The number of nitrogens with one attached hydrogen (secondary N) is 2. The lowest BCUT2D eigenvalue weighted by Gasteiger charge is -2.29. The molecule has 3 heterocycles. The van der Waals surface area contributed by atoms with Crippen molar-refractivity contribution < 1.29 is 5.11 Å². The maximum absolute atomic E-state index is 10.1. The van der Waals surface area contributed by atoms with Crippen molar-refractivity contribution in [3.63, 3.8) is 0 Å². The summed E-state index contributed by atoms with van der Waals surface area (Å²) in [7, 11) is 0. The highest BCUT2D eigenvalue weighted by Crippen LogP contribution is 2.27. The first-order chi connectivity index (χ1) is 11.8.